The minimum Gasteiger partial charge on any atom is -0.497 e. The van der Waals surface area contributed by atoms with Crippen molar-refractivity contribution in [1.82, 2.24) is 14.1 Å². The van der Waals surface area contributed by atoms with Gasteiger partial charge in [-0.1, -0.05) is 12.1 Å². The Morgan fingerprint density at radius 2 is 1.65 bits per heavy atom. The SMILES string of the molecule is COc1cccc(-n2c(=O)[nH]c(=O)n(Cc3c(F)cccc3F)c2=O)c1. The lowest BCUT2D eigenvalue weighted by atomic mass is 10.2. The first-order chi connectivity index (χ1) is 12.4. The van der Waals surface area contributed by atoms with Gasteiger partial charge >= 0.3 is 17.1 Å². The molecule has 26 heavy (non-hydrogen) atoms. The third-order valence-corrected chi connectivity index (χ3v) is 3.77. The molecule has 1 aromatic heterocycles. The van der Waals surface area contributed by atoms with Gasteiger partial charge < -0.3 is 4.74 Å². The Balaban J connectivity index is 2.21. The summed E-state index contributed by atoms with van der Waals surface area (Å²) in [4.78, 5) is 38.8. The molecule has 0 aliphatic carbocycles. The van der Waals surface area contributed by atoms with Crippen LogP contribution in [0.15, 0.2) is 56.8 Å². The number of ether oxygens (including phenoxy) is 1. The van der Waals surface area contributed by atoms with Crippen LogP contribution in [0.1, 0.15) is 5.56 Å². The van der Waals surface area contributed by atoms with Crippen LogP contribution in [0.5, 0.6) is 5.75 Å². The highest BCUT2D eigenvalue weighted by atomic mass is 19.1. The molecule has 0 aliphatic rings. The van der Waals surface area contributed by atoms with Crippen LogP contribution in [0, 0.1) is 11.6 Å². The van der Waals surface area contributed by atoms with E-state index < -0.39 is 40.8 Å². The zero-order valence-electron chi connectivity index (χ0n) is 13.5. The van der Waals surface area contributed by atoms with Crippen molar-refractivity contribution in [3.05, 3.63) is 91.1 Å². The van der Waals surface area contributed by atoms with E-state index in [1.54, 1.807) is 12.1 Å². The molecule has 3 aromatic rings. The Kier molecular flexibility index (Phi) is 4.53. The molecule has 7 nitrogen and oxygen atoms in total. The zero-order valence-corrected chi connectivity index (χ0v) is 13.5. The standard InChI is InChI=1S/C17H13F2N3O4/c1-26-11-5-2-4-10(8-11)22-16(24)20-15(23)21(17(22)25)9-12-13(18)6-3-7-14(12)19/h2-8H,9H2,1H3,(H,20,23,24). The summed E-state index contributed by atoms with van der Waals surface area (Å²) in [5, 5.41) is 0. The molecule has 134 valence electrons. The molecule has 2 aromatic carbocycles. The summed E-state index contributed by atoms with van der Waals surface area (Å²) in [7, 11) is 1.41. The van der Waals surface area contributed by atoms with Gasteiger partial charge in [0, 0.05) is 11.6 Å². The number of halogens is 2. The smallest absolute Gasteiger partial charge is 0.341 e. The molecular weight excluding hydrogens is 348 g/mol. The van der Waals surface area contributed by atoms with Gasteiger partial charge in [-0.2, -0.15) is 0 Å². The predicted octanol–water partition coefficient (Wildman–Crippen LogP) is 1.02. The van der Waals surface area contributed by atoms with E-state index in [0.29, 0.717) is 14.9 Å². The van der Waals surface area contributed by atoms with Crippen LogP contribution in [0.3, 0.4) is 0 Å². The van der Waals surface area contributed by atoms with Crippen LogP contribution in [-0.4, -0.2) is 21.2 Å². The van der Waals surface area contributed by atoms with E-state index in [-0.39, 0.29) is 5.69 Å². The quantitative estimate of drug-likeness (QED) is 0.752. The second kappa shape index (κ2) is 6.79. The normalized spacial score (nSPS) is 10.7. The predicted molar refractivity (Wildman–Crippen MR) is 88.9 cm³/mol. The summed E-state index contributed by atoms with van der Waals surface area (Å²) in [6, 6.07) is 9.20. The molecule has 1 N–H and O–H groups in total. The van der Waals surface area contributed by atoms with E-state index in [4.69, 9.17) is 4.74 Å². The van der Waals surface area contributed by atoms with Gasteiger partial charge in [0.2, 0.25) is 0 Å². The number of nitrogens with zero attached hydrogens (tertiary/aromatic N) is 2. The molecule has 0 spiro atoms. The lowest BCUT2D eigenvalue weighted by Gasteiger charge is -2.11. The van der Waals surface area contributed by atoms with Gasteiger partial charge in [0.1, 0.15) is 17.4 Å². The molecule has 0 atom stereocenters. The van der Waals surface area contributed by atoms with Crippen LogP contribution in [0.4, 0.5) is 8.78 Å². The summed E-state index contributed by atoms with van der Waals surface area (Å²) in [5.41, 5.74) is -3.40. The summed E-state index contributed by atoms with van der Waals surface area (Å²) in [5.74, 6) is -1.43. The van der Waals surface area contributed by atoms with E-state index in [2.05, 4.69) is 0 Å². The second-order valence-electron chi connectivity index (χ2n) is 5.34. The number of methoxy groups -OCH3 is 1. The second-order valence-corrected chi connectivity index (χ2v) is 5.34. The van der Waals surface area contributed by atoms with Crippen molar-refractivity contribution < 1.29 is 13.5 Å². The molecule has 0 aliphatic heterocycles. The third kappa shape index (κ3) is 3.06. The van der Waals surface area contributed by atoms with E-state index in [9.17, 15) is 23.2 Å². The van der Waals surface area contributed by atoms with Gasteiger partial charge in [0.15, 0.2) is 0 Å². The van der Waals surface area contributed by atoms with Crippen LogP contribution >= 0.6 is 0 Å². The van der Waals surface area contributed by atoms with Crippen LogP contribution in [0.2, 0.25) is 0 Å². The average molecular weight is 361 g/mol. The maximum atomic E-state index is 13.8. The van der Waals surface area contributed by atoms with Gasteiger partial charge in [-0.05, 0) is 24.3 Å². The number of aromatic nitrogens is 3. The molecule has 3 rings (SSSR count). The molecule has 0 fully saturated rings. The minimum absolute atomic E-state index is 0.137. The number of H-pyrrole nitrogens is 1. The van der Waals surface area contributed by atoms with Gasteiger partial charge in [0.05, 0.1) is 19.3 Å². The highest BCUT2D eigenvalue weighted by Crippen LogP contribution is 2.14. The van der Waals surface area contributed by atoms with E-state index in [1.807, 2.05) is 4.98 Å². The van der Waals surface area contributed by atoms with Gasteiger partial charge in [-0.3, -0.25) is 4.98 Å². The molecule has 0 amide bonds. The fraction of sp³-hybridized carbons (Fsp3) is 0.118. The third-order valence-electron chi connectivity index (χ3n) is 3.77. The Morgan fingerprint density at radius 1 is 1.00 bits per heavy atom. The highest BCUT2D eigenvalue weighted by molar-refractivity contribution is 5.38. The van der Waals surface area contributed by atoms with Crippen molar-refractivity contribution in [3.8, 4) is 11.4 Å². The Morgan fingerprint density at radius 3 is 2.31 bits per heavy atom. The highest BCUT2D eigenvalue weighted by Gasteiger charge is 2.16. The number of rotatable bonds is 4. The Hall–Kier alpha value is -3.49. The Bertz CT molecular complexity index is 1130. The monoisotopic (exact) mass is 361 g/mol. The zero-order chi connectivity index (χ0) is 18.8. The first kappa shape index (κ1) is 17.3. The fourth-order valence-electron chi connectivity index (χ4n) is 2.47. The molecule has 0 saturated heterocycles. The fourth-order valence-corrected chi connectivity index (χ4v) is 2.47. The van der Waals surface area contributed by atoms with Gasteiger partial charge in [-0.25, -0.2) is 32.3 Å². The molecule has 0 radical (unpaired) electrons. The molecule has 9 heteroatoms. The maximum absolute atomic E-state index is 13.8. The van der Waals surface area contributed by atoms with Crippen molar-refractivity contribution in [3.63, 3.8) is 0 Å². The van der Waals surface area contributed by atoms with E-state index in [0.717, 1.165) is 12.1 Å². The minimum atomic E-state index is -1.07. The lowest BCUT2D eigenvalue weighted by molar-refractivity contribution is 0.414. The molecule has 0 saturated carbocycles. The number of hydrogen-bond acceptors (Lipinski definition) is 4. The summed E-state index contributed by atoms with van der Waals surface area (Å²) in [6.07, 6.45) is 0. The van der Waals surface area contributed by atoms with E-state index >= 15 is 0 Å². The first-order valence-electron chi connectivity index (χ1n) is 7.46. The number of nitrogens with one attached hydrogen (secondary N) is 1. The molecule has 1 heterocycles. The molecular formula is C17H13F2N3O4. The molecule has 0 unspecified atom stereocenters. The number of hydrogen-bond donors (Lipinski definition) is 1. The topological polar surface area (TPSA) is 86.1 Å². The maximum Gasteiger partial charge on any atom is 0.341 e. The van der Waals surface area contributed by atoms with E-state index in [1.165, 1.54) is 25.3 Å². The van der Waals surface area contributed by atoms with Crippen LogP contribution in [-0.2, 0) is 6.54 Å². The number of benzene rings is 2. The van der Waals surface area contributed by atoms with Crippen molar-refractivity contribution in [2.24, 2.45) is 0 Å². The van der Waals surface area contributed by atoms with Crippen LogP contribution < -0.4 is 21.8 Å². The van der Waals surface area contributed by atoms with Crippen molar-refractivity contribution in [2.75, 3.05) is 7.11 Å². The summed E-state index contributed by atoms with van der Waals surface area (Å²) < 4.78 is 34.0. The van der Waals surface area contributed by atoms with Gasteiger partial charge in [0.25, 0.3) is 0 Å². The Labute approximate surface area is 144 Å². The largest absolute Gasteiger partial charge is 0.497 e. The van der Waals surface area contributed by atoms with Gasteiger partial charge in [-0.15, -0.1) is 0 Å². The van der Waals surface area contributed by atoms with Crippen molar-refractivity contribution in [2.45, 2.75) is 6.54 Å². The van der Waals surface area contributed by atoms with Crippen LogP contribution in [0.25, 0.3) is 5.69 Å². The first-order valence-corrected chi connectivity index (χ1v) is 7.46. The lowest BCUT2D eigenvalue weighted by Crippen LogP contribution is -2.49. The average Bonchev–Trinajstić information content (AvgIpc) is 2.60. The van der Waals surface area contributed by atoms with Crippen molar-refractivity contribution in [1.29, 1.82) is 0 Å². The number of aromatic amines is 1. The summed E-state index contributed by atoms with van der Waals surface area (Å²) >= 11 is 0. The molecule has 0 bridgehead atoms. The summed E-state index contributed by atoms with van der Waals surface area (Å²) in [6.45, 7) is -0.670. The van der Waals surface area contributed by atoms with Crippen molar-refractivity contribution >= 4 is 0 Å².